The Morgan fingerprint density at radius 1 is 0.913 bits per heavy atom. The first-order chi connectivity index (χ1) is 10.7. The van der Waals surface area contributed by atoms with Crippen molar-refractivity contribution in [3.8, 4) is 0 Å². The Labute approximate surface area is 142 Å². The van der Waals surface area contributed by atoms with Crippen LogP contribution in [0.25, 0.3) is 6.08 Å². The largest absolute Gasteiger partial charge is 0.406 e. The highest BCUT2D eigenvalue weighted by Crippen LogP contribution is 2.41. The van der Waals surface area contributed by atoms with Crippen LogP contribution in [0.15, 0.2) is 61.2 Å². The Hall–Kier alpha value is -1.64. The third-order valence-electron chi connectivity index (χ3n) is 4.80. The van der Waals surface area contributed by atoms with Gasteiger partial charge in [-0.3, -0.25) is 0 Å². The highest BCUT2D eigenvalue weighted by atomic mass is 28.4. The summed E-state index contributed by atoms with van der Waals surface area (Å²) < 4.78 is 6.76. The van der Waals surface area contributed by atoms with Crippen molar-refractivity contribution in [1.29, 1.82) is 0 Å². The van der Waals surface area contributed by atoms with Gasteiger partial charge < -0.3 is 4.43 Å². The highest BCUT2D eigenvalue weighted by Gasteiger charge is 2.39. The fraction of sp³-hybridized carbons (Fsp3) is 0.333. The minimum Gasteiger partial charge on any atom is -0.406 e. The van der Waals surface area contributed by atoms with E-state index in [4.69, 9.17) is 4.43 Å². The zero-order chi connectivity index (χ0) is 17.1. The molecule has 0 heterocycles. The molecule has 0 amide bonds. The summed E-state index contributed by atoms with van der Waals surface area (Å²) in [5.41, 5.74) is 3.54. The van der Waals surface area contributed by atoms with Gasteiger partial charge in [-0.05, 0) is 34.8 Å². The second kappa shape index (κ2) is 6.86. The minimum atomic E-state index is -1.88. The van der Waals surface area contributed by atoms with Crippen LogP contribution in [-0.4, -0.2) is 8.32 Å². The van der Waals surface area contributed by atoms with Crippen molar-refractivity contribution < 1.29 is 4.43 Å². The average molecular weight is 325 g/mol. The van der Waals surface area contributed by atoms with Gasteiger partial charge in [-0.2, -0.15) is 0 Å². The number of hydrogen-bond acceptors (Lipinski definition) is 1. The maximum atomic E-state index is 6.76. The van der Waals surface area contributed by atoms with Crippen molar-refractivity contribution in [1.82, 2.24) is 0 Å². The molecule has 0 bridgehead atoms. The molecule has 0 fully saturated rings. The van der Waals surface area contributed by atoms with Gasteiger partial charge in [0, 0.05) is 0 Å². The Bertz CT molecular complexity index is 636. The minimum absolute atomic E-state index is 0.0176. The SMILES string of the molecule is C=Cc1ccc(C(O[Si](C)(C)C(C)(C)C)c2ccccc2)cc1. The van der Waals surface area contributed by atoms with Gasteiger partial charge in [0.25, 0.3) is 0 Å². The van der Waals surface area contributed by atoms with Crippen molar-refractivity contribution in [2.45, 2.75) is 45.0 Å². The van der Waals surface area contributed by atoms with Crippen LogP contribution in [0.4, 0.5) is 0 Å². The van der Waals surface area contributed by atoms with Crippen LogP contribution in [0.3, 0.4) is 0 Å². The topological polar surface area (TPSA) is 9.23 Å². The zero-order valence-electron chi connectivity index (χ0n) is 15.0. The van der Waals surface area contributed by atoms with E-state index in [2.05, 4.69) is 89.0 Å². The molecule has 0 N–H and O–H groups in total. The third-order valence-corrected chi connectivity index (χ3v) is 9.23. The Morgan fingerprint density at radius 3 is 1.91 bits per heavy atom. The van der Waals surface area contributed by atoms with Gasteiger partial charge in [-0.25, -0.2) is 0 Å². The van der Waals surface area contributed by atoms with Crippen molar-refractivity contribution in [3.63, 3.8) is 0 Å². The van der Waals surface area contributed by atoms with Crippen LogP contribution < -0.4 is 0 Å². The molecule has 23 heavy (non-hydrogen) atoms. The summed E-state index contributed by atoms with van der Waals surface area (Å²) in [7, 11) is -1.88. The molecule has 0 aliphatic rings. The maximum Gasteiger partial charge on any atom is 0.193 e. The summed E-state index contributed by atoms with van der Waals surface area (Å²) in [4.78, 5) is 0. The molecule has 2 aromatic carbocycles. The van der Waals surface area contributed by atoms with Gasteiger partial charge in [0.2, 0.25) is 0 Å². The normalized spacial score (nSPS) is 13.6. The van der Waals surface area contributed by atoms with Crippen LogP contribution in [-0.2, 0) is 4.43 Å². The molecule has 0 aliphatic heterocycles. The predicted molar refractivity (Wildman–Crippen MR) is 103 cm³/mol. The molecule has 0 aromatic heterocycles. The quantitative estimate of drug-likeness (QED) is 0.575. The molecule has 2 aromatic rings. The Kier molecular flexibility index (Phi) is 5.28. The van der Waals surface area contributed by atoms with E-state index in [1.165, 1.54) is 11.1 Å². The summed E-state index contributed by atoms with van der Waals surface area (Å²) >= 11 is 0. The van der Waals surface area contributed by atoms with E-state index < -0.39 is 8.32 Å². The van der Waals surface area contributed by atoms with Crippen LogP contribution in [0.2, 0.25) is 18.1 Å². The Morgan fingerprint density at radius 2 is 1.43 bits per heavy atom. The van der Waals surface area contributed by atoms with E-state index >= 15 is 0 Å². The van der Waals surface area contributed by atoms with Crippen LogP contribution in [0, 0.1) is 0 Å². The summed E-state index contributed by atoms with van der Waals surface area (Å²) in [5, 5.41) is 0.182. The molecule has 2 rings (SSSR count). The van der Waals surface area contributed by atoms with Gasteiger partial charge >= 0.3 is 0 Å². The number of benzene rings is 2. The summed E-state index contributed by atoms with van der Waals surface area (Å²) in [6.07, 6.45) is 1.85. The first kappa shape index (κ1) is 17.7. The third kappa shape index (κ3) is 4.21. The lowest BCUT2D eigenvalue weighted by Gasteiger charge is -2.39. The van der Waals surface area contributed by atoms with Crippen molar-refractivity contribution >= 4 is 14.4 Å². The Balaban J connectivity index is 2.42. The number of hydrogen-bond donors (Lipinski definition) is 0. The van der Waals surface area contributed by atoms with Crippen LogP contribution >= 0.6 is 0 Å². The van der Waals surface area contributed by atoms with Crippen LogP contribution in [0.1, 0.15) is 43.6 Å². The van der Waals surface area contributed by atoms with E-state index in [-0.39, 0.29) is 11.1 Å². The highest BCUT2D eigenvalue weighted by molar-refractivity contribution is 6.74. The molecular formula is C21H28OSi. The van der Waals surface area contributed by atoms with Gasteiger partial charge in [-0.15, -0.1) is 0 Å². The number of rotatable bonds is 5. The van der Waals surface area contributed by atoms with E-state index in [0.29, 0.717) is 0 Å². The first-order valence-electron chi connectivity index (χ1n) is 8.20. The monoisotopic (exact) mass is 324 g/mol. The summed E-state index contributed by atoms with van der Waals surface area (Å²) in [5.74, 6) is 0. The lowest BCUT2D eigenvalue weighted by Crippen LogP contribution is -2.42. The van der Waals surface area contributed by atoms with Gasteiger partial charge in [0.05, 0.1) is 6.10 Å². The molecule has 0 aliphatic carbocycles. The van der Waals surface area contributed by atoms with E-state index in [9.17, 15) is 0 Å². The fourth-order valence-corrected chi connectivity index (χ4v) is 3.45. The molecule has 1 nitrogen and oxygen atoms in total. The lowest BCUT2D eigenvalue weighted by atomic mass is 10.0. The van der Waals surface area contributed by atoms with Crippen molar-refractivity contribution in [2.75, 3.05) is 0 Å². The van der Waals surface area contributed by atoms with E-state index in [0.717, 1.165) is 5.56 Å². The van der Waals surface area contributed by atoms with Crippen molar-refractivity contribution in [3.05, 3.63) is 77.9 Å². The standard InChI is InChI=1S/C21H28OSi/c1-7-17-13-15-19(16-14-17)20(18-11-9-8-10-12-18)22-23(5,6)21(2,3)4/h7-16,20H,1H2,2-6H3. The molecule has 1 unspecified atom stereocenters. The van der Waals surface area contributed by atoms with Gasteiger partial charge in [0.15, 0.2) is 8.32 Å². The summed E-state index contributed by atoms with van der Waals surface area (Å²) in [6.45, 7) is 15.3. The second-order valence-electron chi connectivity index (χ2n) is 7.54. The molecule has 0 radical (unpaired) electrons. The van der Waals surface area contributed by atoms with Gasteiger partial charge in [-0.1, -0.05) is 88.0 Å². The lowest BCUT2D eigenvalue weighted by molar-refractivity contribution is 0.222. The van der Waals surface area contributed by atoms with E-state index in [1.807, 2.05) is 12.1 Å². The molecule has 2 heteroatoms. The molecular weight excluding hydrogens is 296 g/mol. The maximum absolute atomic E-state index is 6.76. The molecule has 1 atom stereocenters. The zero-order valence-corrected chi connectivity index (χ0v) is 16.0. The van der Waals surface area contributed by atoms with Crippen molar-refractivity contribution in [2.24, 2.45) is 0 Å². The molecule has 0 saturated heterocycles. The fourth-order valence-electron chi connectivity index (χ4n) is 2.23. The smallest absolute Gasteiger partial charge is 0.193 e. The molecule has 122 valence electrons. The average Bonchev–Trinajstić information content (AvgIpc) is 2.52. The first-order valence-corrected chi connectivity index (χ1v) is 11.1. The van der Waals surface area contributed by atoms with Gasteiger partial charge in [0.1, 0.15) is 0 Å². The molecule has 0 saturated carbocycles. The summed E-state index contributed by atoms with van der Waals surface area (Å²) in [6, 6.07) is 19.0. The van der Waals surface area contributed by atoms with Crippen LogP contribution in [0.5, 0.6) is 0 Å². The second-order valence-corrected chi connectivity index (χ2v) is 12.3. The molecule has 0 spiro atoms. The van der Waals surface area contributed by atoms with E-state index in [1.54, 1.807) is 0 Å². The predicted octanol–water partition coefficient (Wildman–Crippen LogP) is 6.44.